The fourth-order valence-electron chi connectivity index (χ4n) is 2.69. The zero-order valence-electron chi connectivity index (χ0n) is 14.1. The van der Waals surface area contributed by atoms with Gasteiger partial charge in [0.05, 0.1) is 7.11 Å². The molecule has 128 valence electrons. The molecule has 26 heavy (non-hydrogen) atoms. The van der Waals surface area contributed by atoms with Gasteiger partial charge >= 0.3 is 0 Å². The monoisotopic (exact) mass is 344 g/mol. The highest BCUT2D eigenvalue weighted by molar-refractivity contribution is 5.75. The second-order valence-electron chi connectivity index (χ2n) is 5.63. The van der Waals surface area contributed by atoms with E-state index in [1.165, 1.54) is 0 Å². The highest BCUT2D eigenvalue weighted by atomic mass is 16.5. The van der Waals surface area contributed by atoms with Crippen LogP contribution in [0.5, 0.6) is 11.5 Å². The summed E-state index contributed by atoms with van der Waals surface area (Å²) in [5, 5.41) is 18.5. The smallest absolute Gasteiger partial charge is 0.187 e. The van der Waals surface area contributed by atoms with Crippen molar-refractivity contribution < 1.29 is 9.84 Å². The third-order valence-corrected chi connectivity index (χ3v) is 3.98. The SMILES string of the molecule is COc1cccc(-c2nc3ccccn3c2N=Nc2ccccc2O)c1. The van der Waals surface area contributed by atoms with Gasteiger partial charge in [0.1, 0.15) is 28.5 Å². The maximum Gasteiger partial charge on any atom is 0.187 e. The molecule has 0 atom stereocenters. The predicted octanol–water partition coefficient (Wildman–Crippen LogP) is 5.13. The zero-order valence-corrected chi connectivity index (χ0v) is 14.1. The van der Waals surface area contributed by atoms with Gasteiger partial charge in [-0.25, -0.2) is 4.98 Å². The summed E-state index contributed by atoms with van der Waals surface area (Å²) in [6, 6.07) is 20.2. The molecular weight excluding hydrogens is 328 g/mol. The van der Waals surface area contributed by atoms with Crippen molar-refractivity contribution in [3.8, 4) is 22.8 Å². The number of phenolic OH excluding ortho intramolecular Hbond substituents is 1. The number of ether oxygens (including phenoxy) is 1. The van der Waals surface area contributed by atoms with Crippen LogP contribution in [0.3, 0.4) is 0 Å². The summed E-state index contributed by atoms with van der Waals surface area (Å²) in [6.45, 7) is 0. The van der Waals surface area contributed by atoms with Crippen molar-refractivity contribution in [3.05, 3.63) is 72.9 Å². The first-order valence-electron chi connectivity index (χ1n) is 8.07. The van der Waals surface area contributed by atoms with Gasteiger partial charge in [-0.15, -0.1) is 10.2 Å². The van der Waals surface area contributed by atoms with Gasteiger partial charge in [0.25, 0.3) is 0 Å². The molecule has 4 rings (SSSR count). The standard InChI is InChI=1S/C20H16N4O2/c1-26-15-8-6-7-14(13-15)19-20(24-12-5-4-11-18(24)21-19)23-22-16-9-2-3-10-17(16)25/h2-13,25H,1H3. The van der Waals surface area contributed by atoms with Crippen LogP contribution >= 0.6 is 0 Å². The van der Waals surface area contributed by atoms with Crippen molar-refractivity contribution in [1.29, 1.82) is 0 Å². The normalized spacial score (nSPS) is 11.3. The maximum absolute atomic E-state index is 9.91. The number of nitrogens with zero attached hydrogens (tertiary/aromatic N) is 4. The molecule has 0 aliphatic heterocycles. The van der Waals surface area contributed by atoms with Crippen LogP contribution in [-0.2, 0) is 0 Å². The number of azo groups is 1. The number of para-hydroxylation sites is 1. The van der Waals surface area contributed by atoms with E-state index in [4.69, 9.17) is 4.74 Å². The first-order valence-corrected chi connectivity index (χ1v) is 8.07. The summed E-state index contributed by atoms with van der Waals surface area (Å²) in [5.74, 6) is 1.40. The molecule has 0 aliphatic carbocycles. The molecule has 6 heteroatoms. The number of aromatic nitrogens is 2. The zero-order chi connectivity index (χ0) is 17.9. The average Bonchev–Trinajstić information content (AvgIpc) is 3.06. The van der Waals surface area contributed by atoms with Crippen molar-refractivity contribution in [1.82, 2.24) is 9.38 Å². The van der Waals surface area contributed by atoms with E-state index in [2.05, 4.69) is 15.2 Å². The number of hydrogen-bond donors (Lipinski definition) is 1. The van der Waals surface area contributed by atoms with E-state index in [1.807, 2.05) is 53.1 Å². The van der Waals surface area contributed by atoms with E-state index in [-0.39, 0.29) is 5.75 Å². The van der Waals surface area contributed by atoms with E-state index in [1.54, 1.807) is 31.4 Å². The number of hydrogen-bond acceptors (Lipinski definition) is 5. The van der Waals surface area contributed by atoms with Crippen LogP contribution in [0.4, 0.5) is 11.5 Å². The number of pyridine rings is 1. The summed E-state index contributed by atoms with van der Waals surface area (Å²) in [7, 11) is 1.63. The lowest BCUT2D eigenvalue weighted by Crippen LogP contribution is -1.84. The van der Waals surface area contributed by atoms with E-state index in [0.717, 1.165) is 17.0 Å². The fourth-order valence-corrected chi connectivity index (χ4v) is 2.69. The number of aromatic hydroxyl groups is 1. The number of benzene rings is 2. The molecule has 0 spiro atoms. The molecule has 0 bridgehead atoms. The number of methoxy groups -OCH3 is 1. The Balaban J connectivity index is 1.88. The lowest BCUT2D eigenvalue weighted by molar-refractivity contribution is 0.415. The van der Waals surface area contributed by atoms with E-state index in [9.17, 15) is 5.11 Å². The van der Waals surface area contributed by atoms with Gasteiger partial charge in [-0.05, 0) is 36.4 Å². The molecule has 0 unspecified atom stereocenters. The second kappa shape index (κ2) is 6.68. The molecule has 0 amide bonds. The van der Waals surface area contributed by atoms with Crippen molar-refractivity contribution >= 4 is 17.2 Å². The number of imidazole rings is 1. The third-order valence-electron chi connectivity index (χ3n) is 3.98. The van der Waals surface area contributed by atoms with Crippen LogP contribution in [0.15, 0.2) is 83.2 Å². The summed E-state index contributed by atoms with van der Waals surface area (Å²) in [4.78, 5) is 4.68. The maximum atomic E-state index is 9.91. The van der Waals surface area contributed by atoms with Gasteiger partial charge in [0.15, 0.2) is 5.82 Å². The van der Waals surface area contributed by atoms with E-state index >= 15 is 0 Å². The van der Waals surface area contributed by atoms with Gasteiger partial charge < -0.3 is 9.84 Å². The average molecular weight is 344 g/mol. The molecule has 2 aromatic heterocycles. The first kappa shape index (κ1) is 15.8. The highest BCUT2D eigenvalue weighted by Gasteiger charge is 2.14. The van der Waals surface area contributed by atoms with Crippen LogP contribution in [0.2, 0.25) is 0 Å². The molecule has 4 aromatic rings. The van der Waals surface area contributed by atoms with E-state index < -0.39 is 0 Å². The molecule has 2 aromatic carbocycles. The molecule has 1 N–H and O–H groups in total. The summed E-state index contributed by atoms with van der Waals surface area (Å²) >= 11 is 0. The second-order valence-corrected chi connectivity index (χ2v) is 5.63. The Bertz CT molecular complexity index is 1100. The molecule has 2 heterocycles. The number of rotatable bonds is 4. The van der Waals surface area contributed by atoms with Gasteiger partial charge in [-0.2, -0.15) is 0 Å². The summed E-state index contributed by atoms with van der Waals surface area (Å²) < 4.78 is 7.17. The minimum atomic E-state index is 0.0769. The van der Waals surface area contributed by atoms with Crippen LogP contribution in [0.1, 0.15) is 0 Å². The minimum Gasteiger partial charge on any atom is -0.506 e. The Morgan fingerprint density at radius 3 is 2.65 bits per heavy atom. The van der Waals surface area contributed by atoms with Crippen LogP contribution < -0.4 is 4.74 Å². The Morgan fingerprint density at radius 1 is 0.962 bits per heavy atom. The molecular formula is C20H16N4O2. The minimum absolute atomic E-state index is 0.0769. The van der Waals surface area contributed by atoms with Gasteiger partial charge in [-0.1, -0.05) is 30.3 Å². The Kier molecular flexibility index (Phi) is 4.07. The van der Waals surface area contributed by atoms with Gasteiger partial charge in [0, 0.05) is 11.8 Å². The van der Waals surface area contributed by atoms with Crippen molar-refractivity contribution in [3.63, 3.8) is 0 Å². The molecule has 0 fully saturated rings. The van der Waals surface area contributed by atoms with Crippen molar-refractivity contribution in [2.24, 2.45) is 10.2 Å². The molecule has 0 radical (unpaired) electrons. The van der Waals surface area contributed by atoms with Gasteiger partial charge in [-0.3, -0.25) is 4.40 Å². The Morgan fingerprint density at radius 2 is 1.81 bits per heavy atom. The highest BCUT2D eigenvalue weighted by Crippen LogP contribution is 2.34. The van der Waals surface area contributed by atoms with Crippen molar-refractivity contribution in [2.45, 2.75) is 0 Å². The third kappa shape index (κ3) is 2.88. The summed E-state index contributed by atoms with van der Waals surface area (Å²) in [6.07, 6.45) is 1.88. The fraction of sp³-hybridized carbons (Fsp3) is 0.0500. The van der Waals surface area contributed by atoms with Crippen molar-refractivity contribution in [2.75, 3.05) is 7.11 Å². The lowest BCUT2D eigenvalue weighted by atomic mass is 10.1. The van der Waals surface area contributed by atoms with Crippen LogP contribution in [0.25, 0.3) is 16.9 Å². The predicted molar refractivity (Wildman–Crippen MR) is 99.5 cm³/mol. The summed E-state index contributed by atoms with van der Waals surface area (Å²) in [5.41, 5.74) is 2.72. The lowest BCUT2D eigenvalue weighted by Gasteiger charge is -2.03. The van der Waals surface area contributed by atoms with Crippen LogP contribution in [-0.4, -0.2) is 21.6 Å². The first-order chi connectivity index (χ1) is 12.8. The molecule has 0 saturated heterocycles. The Labute approximate surface area is 150 Å². The quantitative estimate of drug-likeness (QED) is 0.522. The number of fused-ring (bicyclic) bond motifs is 1. The van der Waals surface area contributed by atoms with Crippen LogP contribution in [0, 0.1) is 0 Å². The molecule has 0 saturated carbocycles. The van der Waals surface area contributed by atoms with E-state index in [0.29, 0.717) is 17.2 Å². The molecule has 6 nitrogen and oxygen atoms in total. The number of phenols is 1. The van der Waals surface area contributed by atoms with Gasteiger partial charge in [0.2, 0.25) is 0 Å². The topological polar surface area (TPSA) is 71.5 Å². The largest absolute Gasteiger partial charge is 0.506 e. The Hall–Kier alpha value is -3.67. The molecule has 0 aliphatic rings.